The van der Waals surface area contributed by atoms with E-state index in [2.05, 4.69) is 26.6 Å². The van der Waals surface area contributed by atoms with Crippen LogP contribution in [0.3, 0.4) is 0 Å². The summed E-state index contributed by atoms with van der Waals surface area (Å²) in [7, 11) is 0. The van der Waals surface area contributed by atoms with E-state index in [0.717, 1.165) is 10.0 Å². The summed E-state index contributed by atoms with van der Waals surface area (Å²) in [6.07, 6.45) is 0.0655. The van der Waals surface area contributed by atoms with Gasteiger partial charge in [0, 0.05) is 12.1 Å². The number of hydrogen-bond acceptors (Lipinski definition) is 3. The number of nitrogens with one attached hydrogen (secondary N) is 2. The Morgan fingerprint density at radius 2 is 1.92 bits per heavy atom. The van der Waals surface area contributed by atoms with Gasteiger partial charge in [0.1, 0.15) is 5.75 Å². The van der Waals surface area contributed by atoms with E-state index in [9.17, 15) is 4.79 Å². The van der Waals surface area contributed by atoms with Crippen molar-refractivity contribution in [2.45, 2.75) is 26.5 Å². The van der Waals surface area contributed by atoms with Crippen LogP contribution >= 0.6 is 28.1 Å². The molecule has 1 amide bonds. The van der Waals surface area contributed by atoms with Crippen molar-refractivity contribution in [2.24, 2.45) is 0 Å². The van der Waals surface area contributed by atoms with E-state index in [1.165, 1.54) is 0 Å². The Bertz CT molecular complexity index is 720. The van der Waals surface area contributed by atoms with E-state index in [0.29, 0.717) is 23.0 Å². The van der Waals surface area contributed by atoms with Crippen molar-refractivity contribution in [1.82, 2.24) is 10.6 Å². The van der Waals surface area contributed by atoms with Gasteiger partial charge in [0.2, 0.25) is 0 Å². The van der Waals surface area contributed by atoms with Crippen LogP contribution in [0.4, 0.5) is 0 Å². The number of hydrogen-bond donors (Lipinski definition) is 2. The lowest BCUT2D eigenvalue weighted by atomic mass is 10.2. The predicted molar refractivity (Wildman–Crippen MR) is 103 cm³/mol. The monoisotopic (exact) mass is 406 g/mol. The summed E-state index contributed by atoms with van der Waals surface area (Å²) in [6, 6.07) is 15.0. The summed E-state index contributed by atoms with van der Waals surface area (Å²) < 4.78 is 6.36. The Morgan fingerprint density at radius 1 is 1.21 bits per heavy atom. The minimum Gasteiger partial charge on any atom is -0.490 e. The Labute approximate surface area is 155 Å². The number of carbonyl (C=O) groups is 1. The molecule has 2 rings (SSSR count). The topological polar surface area (TPSA) is 50.4 Å². The molecule has 2 aromatic carbocycles. The van der Waals surface area contributed by atoms with Gasteiger partial charge in [-0.1, -0.05) is 30.3 Å². The van der Waals surface area contributed by atoms with E-state index in [1.807, 2.05) is 44.2 Å². The van der Waals surface area contributed by atoms with Crippen molar-refractivity contribution in [1.29, 1.82) is 0 Å². The number of halogens is 1. The second kappa shape index (κ2) is 8.80. The maximum Gasteiger partial charge on any atom is 0.257 e. The summed E-state index contributed by atoms with van der Waals surface area (Å²) >= 11 is 8.58. The molecule has 0 aromatic heterocycles. The average molecular weight is 407 g/mol. The Morgan fingerprint density at radius 3 is 2.54 bits per heavy atom. The molecule has 2 N–H and O–H groups in total. The Balaban J connectivity index is 1.91. The highest BCUT2D eigenvalue weighted by Crippen LogP contribution is 2.26. The molecule has 24 heavy (non-hydrogen) atoms. The van der Waals surface area contributed by atoms with Gasteiger partial charge < -0.3 is 10.1 Å². The van der Waals surface area contributed by atoms with Crippen LogP contribution in [0.1, 0.15) is 29.8 Å². The number of amides is 1. The first kappa shape index (κ1) is 18.4. The third-order valence-electron chi connectivity index (χ3n) is 3.08. The first-order valence-corrected chi connectivity index (χ1v) is 8.75. The van der Waals surface area contributed by atoms with Crippen LogP contribution in [0.25, 0.3) is 0 Å². The summed E-state index contributed by atoms with van der Waals surface area (Å²) in [6.45, 7) is 4.46. The van der Waals surface area contributed by atoms with Gasteiger partial charge in [-0.3, -0.25) is 10.1 Å². The van der Waals surface area contributed by atoms with Gasteiger partial charge >= 0.3 is 0 Å². The molecule has 126 valence electrons. The molecule has 0 heterocycles. The lowest BCUT2D eigenvalue weighted by Gasteiger charge is -2.13. The fourth-order valence-corrected chi connectivity index (χ4v) is 2.63. The van der Waals surface area contributed by atoms with E-state index in [-0.39, 0.29) is 12.0 Å². The third-order valence-corrected chi connectivity index (χ3v) is 3.95. The molecule has 0 spiro atoms. The van der Waals surface area contributed by atoms with Gasteiger partial charge in [0.05, 0.1) is 10.6 Å². The highest BCUT2D eigenvalue weighted by molar-refractivity contribution is 9.10. The fourth-order valence-electron chi connectivity index (χ4n) is 1.99. The van der Waals surface area contributed by atoms with Gasteiger partial charge in [-0.05, 0) is 65.8 Å². The van der Waals surface area contributed by atoms with E-state index in [4.69, 9.17) is 17.0 Å². The molecule has 0 aliphatic heterocycles. The van der Waals surface area contributed by atoms with Crippen LogP contribution in [0.5, 0.6) is 5.75 Å². The highest BCUT2D eigenvalue weighted by Gasteiger charge is 2.11. The molecule has 0 atom stereocenters. The Kier molecular flexibility index (Phi) is 6.75. The quantitative estimate of drug-likeness (QED) is 0.735. The predicted octanol–water partition coefficient (Wildman–Crippen LogP) is 4.04. The maximum atomic E-state index is 12.3. The molecule has 0 radical (unpaired) electrons. The smallest absolute Gasteiger partial charge is 0.257 e. The Hall–Kier alpha value is -1.92. The van der Waals surface area contributed by atoms with Crippen LogP contribution in [0.2, 0.25) is 0 Å². The summed E-state index contributed by atoms with van der Waals surface area (Å²) in [5.74, 6) is 0.434. The second-order valence-corrected chi connectivity index (χ2v) is 6.70. The summed E-state index contributed by atoms with van der Waals surface area (Å²) in [4.78, 5) is 12.3. The molecule has 0 unspecified atom stereocenters. The molecule has 4 nitrogen and oxygen atoms in total. The molecule has 0 saturated carbocycles. The SMILES string of the molecule is CC(C)Oc1ccc(C(=O)NC(=S)NCc2ccccc2)cc1Br. The highest BCUT2D eigenvalue weighted by atomic mass is 79.9. The fraction of sp³-hybridized carbons (Fsp3) is 0.222. The van der Waals surface area contributed by atoms with Crippen LogP contribution in [0.15, 0.2) is 53.0 Å². The number of carbonyl (C=O) groups excluding carboxylic acids is 1. The molecule has 0 saturated heterocycles. The number of rotatable bonds is 5. The van der Waals surface area contributed by atoms with Gasteiger partial charge in [-0.15, -0.1) is 0 Å². The zero-order valence-corrected chi connectivity index (χ0v) is 15.9. The molecule has 0 aliphatic rings. The summed E-state index contributed by atoms with van der Waals surface area (Å²) in [5.41, 5.74) is 1.59. The second-order valence-electron chi connectivity index (χ2n) is 5.43. The molecule has 0 bridgehead atoms. The first-order chi connectivity index (χ1) is 11.5. The van der Waals surface area contributed by atoms with Crippen molar-refractivity contribution in [2.75, 3.05) is 0 Å². The van der Waals surface area contributed by atoms with Gasteiger partial charge in [0.15, 0.2) is 5.11 Å². The largest absolute Gasteiger partial charge is 0.490 e. The zero-order valence-electron chi connectivity index (χ0n) is 13.5. The van der Waals surface area contributed by atoms with Crippen LogP contribution in [-0.4, -0.2) is 17.1 Å². The molecule has 0 fully saturated rings. The zero-order chi connectivity index (χ0) is 17.5. The average Bonchev–Trinajstić information content (AvgIpc) is 2.55. The molecule has 2 aromatic rings. The van der Waals surface area contributed by atoms with Gasteiger partial charge in [-0.2, -0.15) is 0 Å². The first-order valence-electron chi connectivity index (χ1n) is 7.55. The van der Waals surface area contributed by atoms with E-state index >= 15 is 0 Å². The van der Waals surface area contributed by atoms with Crippen LogP contribution in [-0.2, 0) is 6.54 Å². The summed E-state index contributed by atoms with van der Waals surface area (Å²) in [5, 5.41) is 5.98. The van der Waals surface area contributed by atoms with Crippen LogP contribution < -0.4 is 15.4 Å². The van der Waals surface area contributed by atoms with Crippen molar-refractivity contribution in [3.05, 3.63) is 64.1 Å². The van der Waals surface area contributed by atoms with Crippen molar-refractivity contribution < 1.29 is 9.53 Å². The van der Waals surface area contributed by atoms with Gasteiger partial charge in [-0.25, -0.2) is 0 Å². The maximum absolute atomic E-state index is 12.3. The number of benzene rings is 2. The molecule has 0 aliphatic carbocycles. The lowest BCUT2D eigenvalue weighted by Crippen LogP contribution is -2.38. The normalized spacial score (nSPS) is 10.3. The van der Waals surface area contributed by atoms with E-state index in [1.54, 1.807) is 18.2 Å². The number of thiocarbonyl (C=S) groups is 1. The third kappa shape index (κ3) is 5.62. The minimum absolute atomic E-state index is 0.0655. The number of ether oxygens (including phenoxy) is 1. The lowest BCUT2D eigenvalue weighted by molar-refractivity contribution is 0.0976. The van der Waals surface area contributed by atoms with Gasteiger partial charge in [0.25, 0.3) is 5.91 Å². The van der Waals surface area contributed by atoms with Crippen molar-refractivity contribution in [3.63, 3.8) is 0 Å². The van der Waals surface area contributed by atoms with Crippen LogP contribution in [0, 0.1) is 0 Å². The molecule has 6 heteroatoms. The molecular weight excluding hydrogens is 388 g/mol. The van der Waals surface area contributed by atoms with Crippen molar-refractivity contribution in [3.8, 4) is 5.75 Å². The molecular formula is C18H19BrN2O2S. The standard InChI is InChI=1S/C18H19BrN2O2S/c1-12(2)23-16-9-8-14(10-15(16)19)17(22)21-18(24)20-11-13-6-4-3-5-7-13/h3-10,12H,11H2,1-2H3,(H2,20,21,22,24). The van der Waals surface area contributed by atoms with Crippen molar-refractivity contribution >= 4 is 39.2 Å². The van der Waals surface area contributed by atoms with E-state index < -0.39 is 0 Å². The minimum atomic E-state index is -0.266.